The minimum absolute atomic E-state index is 0.142. The molecule has 0 fully saturated rings. The van der Waals surface area contributed by atoms with Crippen molar-refractivity contribution in [1.82, 2.24) is 14.8 Å². The normalized spacial score (nSPS) is 9.13. The van der Waals surface area contributed by atoms with Crippen LogP contribution in [0.1, 0.15) is 6.92 Å². The summed E-state index contributed by atoms with van der Waals surface area (Å²) in [6.45, 7) is 2.25. The first-order valence-electron chi connectivity index (χ1n) is 6.57. The van der Waals surface area contributed by atoms with Crippen molar-refractivity contribution in [3.8, 4) is 29.6 Å². The number of benzene rings is 1. The molecule has 2 rings (SSSR count). The highest BCUT2D eigenvalue weighted by Gasteiger charge is 2.11. The molecule has 1 aromatic carbocycles. The van der Waals surface area contributed by atoms with E-state index in [0.717, 1.165) is 5.69 Å². The second-order valence-corrected chi connectivity index (χ2v) is 4.19. The molecule has 2 aromatic rings. The van der Waals surface area contributed by atoms with E-state index < -0.39 is 0 Å². The number of aromatic nitrogens is 3. The number of anilines is 1. The van der Waals surface area contributed by atoms with Crippen LogP contribution in [-0.4, -0.2) is 21.4 Å². The van der Waals surface area contributed by atoms with Gasteiger partial charge in [0.05, 0.1) is 18.0 Å². The molecule has 1 N–H and O–H groups in total. The molecule has 1 heterocycles. The van der Waals surface area contributed by atoms with E-state index in [1.165, 1.54) is 12.7 Å². The first kappa shape index (κ1) is 15.6. The summed E-state index contributed by atoms with van der Waals surface area (Å²) in [4.78, 5) is 0. The highest BCUT2D eigenvalue weighted by molar-refractivity contribution is 5.67. The zero-order valence-corrected chi connectivity index (χ0v) is 12.2. The molecule has 0 aliphatic rings. The Morgan fingerprint density at radius 1 is 1.17 bits per heavy atom. The van der Waals surface area contributed by atoms with E-state index in [4.69, 9.17) is 20.5 Å². The van der Waals surface area contributed by atoms with Crippen molar-refractivity contribution in [2.75, 3.05) is 11.9 Å². The number of hydrogen-bond acceptors (Lipinski definition) is 7. The number of hydrogen-bond donors (Lipinski definition) is 1. The fourth-order valence-electron chi connectivity index (χ4n) is 1.81. The topological polar surface area (TPSA) is 123 Å². The molecule has 0 radical (unpaired) electrons. The fourth-order valence-corrected chi connectivity index (χ4v) is 1.81. The summed E-state index contributed by atoms with van der Waals surface area (Å²) in [6.07, 6.45) is 3.05. The molecule has 0 amide bonds. The molecular weight excluding hydrogens is 294 g/mol. The molecule has 0 bridgehead atoms. The molecule has 1 aromatic heterocycles. The molecule has 0 atom stereocenters. The average molecular weight is 305 g/mol. The third-order valence-electron chi connectivity index (χ3n) is 2.82. The highest BCUT2D eigenvalue weighted by atomic mass is 16.5. The second kappa shape index (κ2) is 7.26. The summed E-state index contributed by atoms with van der Waals surface area (Å²) >= 11 is 0. The maximum atomic E-state index is 9.16. The van der Waals surface area contributed by atoms with Crippen molar-refractivity contribution in [1.29, 1.82) is 15.8 Å². The Morgan fingerprint density at radius 2 is 1.87 bits per heavy atom. The molecule has 23 heavy (non-hydrogen) atoms. The van der Waals surface area contributed by atoms with Crippen molar-refractivity contribution in [3.63, 3.8) is 0 Å². The molecule has 8 nitrogen and oxygen atoms in total. The lowest BCUT2D eigenvalue weighted by Gasteiger charge is -2.13. The van der Waals surface area contributed by atoms with Gasteiger partial charge in [0.2, 0.25) is 0 Å². The molecule has 0 unspecified atom stereocenters. The van der Waals surface area contributed by atoms with E-state index in [2.05, 4.69) is 15.5 Å². The van der Waals surface area contributed by atoms with Crippen molar-refractivity contribution in [3.05, 3.63) is 42.1 Å². The van der Waals surface area contributed by atoms with E-state index >= 15 is 0 Å². The molecule has 0 spiro atoms. The Kier molecular flexibility index (Phi) is 4.91. The molecule has 0 aliphatic heterocycles. The fraction of sp³-hybridized carbons (Fsp3) is 0.133. The van der Waals surface area contributed by atoms with Gasteiger partial charge in [0.15, 0.2) is 5.57 Å². The van der Waals surface area contributed by atoms with Gasteiger partial charge in [-0.3, -0.25) is 4.57 Å². The minimum Gasteiger partial charge on any atom is -0.492 e. The van der Waals surface area contributed by atoms with Crippen LogP contribution in [0.2, 0.25) is 0 Å². The number of nitriles is 3. The number of nitrogens with zero attached hydrogens (tertiary/aromatic N) is 6. The van der Waals surface area contributed by atoms with Gasteiger partial charge in [0.1, 0.15) is 42.3 Å². The summed E-state index contributed by atoms with van der Waals surface area (Å²) in [5, 5.41) is 37.2. The number of rotatable bonds is 5. The minimum atomic E-state index is -0.301. The van der Waals surface area contributed by atoms with Crippen molar-refractivity contribution >= 4 is 5.69 Å². The summed E-state index contributed by atoms with van der Waals surface area (Å²) in [6, 6.07) is 10.4. The zero-order chi connectivity index (χ0) is 16.7. The van der Waals surface area contributed by atoms with E-state index in [-0.39, 0.29) is 11.3 Å². The lowest BCUT2D eigenvalue weighted by Crippen LogP contribution is -2.05. The predicted molar refractivity (Wildman–Crippen MR) is 80.0 cm³/mol. The Morgan fingerprint density at radius 3 is 2.43 bits per heavy atom. The van der Waals surface area contributed by atoms with Gasteiger partial charge in [-0.15, -0.1) is 10.2 Å². The van der Waals surface area contributed by atoms with Gasteiger partial charge in [0, 0.05) is 0 Å². The number of allylic oxidation sites excluding steroid dienone is 2. The maximum Gasteiger partial charge on any atom is 0.163 e. The van der Waals surface area contributed by atoms with Gasteiger partial charge in [0.25, 0.3) is 0 Å². The Labute approximate surface area is 132 Å². The van der Waals surface area contributed by atoms with Crippen LogP contribution in [0.15, 0.2) is 42.1 Å². The average Bonchev–Trinajstić information content (AvgIpc) is 3.11. The molecule has 112 valence electrons. The molecule has 8 heteroatoms. The van der Waals surface area contributed by atoms with E-state index in [0.29, 0.717) is 18.0 Å². The summed E-state index contributed by atoms with van der Waals surface area (Å²) in [7, 11) is 0. The first-order chi connectivity index (χ1) is 11.2. The van der Waals surface area contributed by atoms with E-state index in [1.54, 1.807) is 34.9 Å². The van der Waals surface area contributed by atoms with Crippen molar-refractivity contribution < 1.29 is 4.74 Å². The van der Waals surface area contributed by atoms with Gasteiger partial charge < -0.3 is 10.1 Å². The Balaban J connectivity index is 2.49. The van der Waals surface area contributed by atoms with Crippen LogP contribution in [0.4, 0.5) is 5.69 Å². The van der Waals surface area contributed by atoms with Crippen molar-refractivity contribution in [2.45, 2.75) is 6.92 Å². The highest BCUT2D eigenvalue weighted by Crippen LogP contribution is 2.29. The smallest absolute Gasteiger partial charge is 0.163 e. The first-order valence-corrected chi connectivity index (χ1v) is 6.57. The van der Waals surface area contributed by atoms with Crippen LogP contribution >= 0.6 is 0 Å². The van der Waals surface area contributed by atoms with Crippen molar-refractivity contribution in [2.24, 2.45) is 0 Å². The van der Waals surface area contributed by atoms with Gasteiger partial charge in [-0.25, -0.2) is 0 Å². The molecular formula is C15H11N7O. The monoisotopic (exact) mass is 305 g/mol. The van der Waals surface area contributed by atoms with Crippen LogP contribution in [-0.2, 0) is 0 Å². The van der Waals surface area contributed by atoms with Gasteiger partial charge in [-0.2, -0.15) is 15.8 Å². The SMILES string of the molecule is CCOc1ccc(-n2cnnc2)cc1NC(C#N)=C(C#N)C#N. The Bertz CT molecular complexity index is 831. The van der Waals surface area contributed by atoms with Crippen LogP contribution in [0.5, 0.6) is 5.75 Å². The third kappa shape index (κ3) is 3.44. The standard InChI is InChI=1S/C15H11N7O/c1-2-23-15-4-3-12(22-9-19-20-10-22)5-13(15)21-14(8-18)11(6-16)7-17/h3-5,9-10,21H,2H2,1H3. The van der Waals surface area contributed by atoms with Gasteiger partial charge in [-0.05, 0) is 25.1 Å². The van der Waals surface area contributed by atoms with Crippen LogP contribution in [0.3, 0.4) is 0 Å². The van der Waals surface area contributed by atoms with Crippen LogP contribution in [0.25, 0.3) is 5.69 Å². The third-order valence-corrected chi connectivity index (χ3v) is 2.82. The van der Waals surface area contributed by atoms with Crippen LogP contribution in [0, 0.1) is 34.0 Å². The second-order valence-electron chi connectivity index (χ2n) is 4.19. The maximum absolute atomic E-state index is 9.16. The largest absolute Gasteiger partial charge is 0.492 e. The number of ether oxygens (including phenoxy) is 1. The van der Waals surface area contributed by atoms with Gasteiger partial charge >= 0.3 is 0 Å². The number of nitrogens with one attached hydrogen (secondary N) is 1. The lowest BCUT2D eigenvalue weighted by atomic mass is 10.2. The van der Waals surface area contributed by atoms with Gasteiger partial charge in [-0.1, -0.05) is 0 Å². The lowest BCUT2D eigenvalue weighted by molar-refractivity contribution is 0.342. The molecule has 0 saturated heterocycles. The van der Waals surface area contributed by atoms with E-state index in [1.807, 2.05) is 13.0 Å². The van der Waals surface area contributed by atoms with E-state index in [9.17, 15) is 0 Å². The zero-order valence-electron chi connectivity index (χ0n) is 12.2. The summed E-state index contributed by atoms with van der Waals surface area (Å²) < 4.78 is 7.17. The summed E-state index contributed by atoms with van der Waals surface area (Å²) in [5.41, 5.74) is 0.743. The quantitative estimate of drug-likeness (QED) is 0.836. The van der Waals surface area contributed by atoms with Crippen LogP contribution < -0.4 is 10.1 Å². The molecule has 0 saturated carbocycles. The summed E-state index contributed by atoms with van der Waals surface area (Å²) in [5.74, 6) is 0.493. The molecule has 0 aliphatic carbocycles. The Hall–Kier alpha value is -3.83. The predicted octanol–water partition coefficient (Wildman–Crippen LogP) is 1.90.